The van der Waals surface area contributed by atoms with Crippen LogP contribution in [0.5, 0.6) is 0 Å². The maximum atomic E-state index is 12.1. The van der Waals surface area contributed by atoms with Gasteiger partial charge in [-0.3, -0.25) is 4.79 Å². The van der Waals surface area contributed by atoms with E-state index < -0.39 is 35.7 Å². The van der Waals surface area contributed by atoms with E-state index in [2.05, 4.69) is 4.74 Å². The fourth-order valence-electron chi connectivity index (χ4n) is 0.891. The fraction of sp³-hybridized carbons (Fsp3) is 0.556. The van der Waals surface area contributed by atoms with Crippen LogP contribution in [0.15, 0.2) is 11.3 Å². The van der Waals surface area contributed by atoms with Gasteiger partial charge in [0.15, 0.2) is 0 Å². The molecular weight excluding hydrogens is 229 g/mol. The summed E-state index contributed by atoms with van der Waals surface area (Å²) in [6.45, 7) is 2.25. The van der Waals surface area contributed by atoms with Crippen LogP contribution in [0.1, 0.15) is 20.3 Å². The van der Waals surface area contributed by atoms with Gasteiger partial charge in [-0.25, -0.2) is 4.79 Å². The molecule has 0 aromatic rings. The van der Waals surface area contributed by atoms with Crippen molar-refractivity contribution in [3.8, 4) is 0 Å². The van der Waals surface area contributed by atoms with E-state index in [9.17, 15) is 22.8 Å². The van der Waals surface area contributed by atoms with Crippen molar-refractivity contribution >= 4 is 11.8 Å². The minimum atomic E-state index is -5.07. The van der Waals surface area contributed by atoms with Crippen LogP contribution in [0, 0.1) is 0 Å². The summed E-state index contributed by atoms with van der Waals surface area (Å²) in [4.78, 5) is 21.7. The summed E-state index contributed by atoms with van der Waals surface area (Å²) >= 11 is 0. The molecule has 0 atom stereocenters. The summed E-state index contributed by atoms with van der Waals surface area (Å²) in [5.41, 5.74) is -1.07. The third-order valence-corrected chi connectivity index (χ3v) is 1.50. The summed E-state index contributed by atoms with van der Waals surface area (Å²) in [5.74, 6) is -4.10. The van der Waals surface area contributed by atoms with Crippen LogP contribution in [0.2, 0.25) is 0 Å². The monoisotopic (exact) mass is 240 g/mol. The topological polar surface area (TPSA) is 63.6 Å². The number of Topliss-reactive ketones (excluding diaryl/α,β-unsaturated/α-hetero) is 1. The number of ether oxygens (including phenoxy) is 1. The van der Waals surface area contributed by atoms with Crippen LogP contribution in [0.25, 0.3) is 0 Å². The third kappa shape index (κ3) is 4.33. The highest BCUT2D eigenvalue weighted by Crippen LogP contribution is 2.27. The number of aliphatic hydroxyl groups excluding tert-OH is 1. The van der Waals surface area contributed by atoms with E-state index in [0.717, 1.165) is 6.92 Å². The quantitative estimate of drug-likeness (QED) is 0.463. The van der Waals surface area contributed by atoms with Gasteiger partial charge in [0, 0.05) is 6.42 Å². The zero-order valence-electron chi connectivity index (χ0n) is 8.72. The molecule has 7 heteroatoms. The molecule has 1 N–H and O–H groups in total. The smallest absolute Gasteiger partial charge is 0.449 e. The van der Waals surface area contributed by atoms with Crippen LogP contribution >= 0.6 is 0 Å². The highest BCUT2D eigenvalue weighted by molar-refractivity contribution is 5.95. The van der Waals surface area contributed by atoms with E-state index >= 15 is 0 Å². The van der Waals surface area contributed by atoms with E-state index in [1.807, 2.05) is 0 Å². The molecule has 0 saturated carbocycles. The van der Waals surface area contributed by atoms with Crippen LogP contribution in [0.3, 0.4) is 0 Å². The predicted octanol–water partition coefficient (Wildman–Crippen LogP) is 1.90. The number of alkyl halides is 3. The Labute approximate surface area is 89.7 Å². The number of carbonyl (C=O) groups excluding carboxylic acids is 2. The van der Waals surface area contributed by atoms with Gasteiger partial charge in [0.1, 0.15) is 5.78 Å². The van der Waals surface area contributed by atoms with Crippen molar-refractivity contribution < 1.29 is 32.6 Å². The van der Waals surface area contributed by atoms with Gasteiger partial charge in [-0.2, -0.15) is 13.2 Å². The number of hydrogen-bond donors (Lipinski definition) is 1. The SMILES string of the molecule is CCOC(=O)C(CC(C)=O)=C(O)C(F)(F)F. The zero-order valence-corrected chi connectivity index (χ0v) is 8.72. The van der Waals surface area contributed by atoms with E-state index in [4.69, 9.17) is 5.11 Å². The minimum Gasteiger partial charge on any atom is -0.504 e. The number of rotatable bonds is 4. The van der Waals surface area contributed by atoms with Crippen LogP contribution in [-0.4, -0.2) is 29.6 Å². The summed E-state index contributed by atoms with van der Waals surface area (Å²) in [6.07, 6.45) is -5.89. The number of allylic oxidation sites excluding steroid dienone is 1. The molecule has 0 unspecified atom stereocenters. The normalized spacial score (nSPS) is 13.1. The minimum absolute atomic E-state index is 0.147. The second-order valence-corrected chi connectivity index (χ2v) is 2.92. The molecule has 0 aromatic carbocycles. The van der Waals surface area contributed by atoms with E-state index in [0.29, 0.717) is 0 Å². The fourth-order valence-corrected chi connectivity index (χ4v) is 0.891. The van der Waals surface area contributed by atoms with Crippen LogP contribution < -0.4 is 0 Å². The van der Waals surface area contributed by atoms with Gasteiger partial charge in [-0.1, -0.05) is 0 Å². The Hall–Kier alpha value is -1.53. The number of ketones is 1. The molecule has 0 aromatic heterocycles. The van der Waals surface area contributed by atoms with Gasteiger partial charge in [-0.05, 0) is 13.8 Å². The Balaban J connectivity index is 5.22. The number of aliphatic hydroxyl groups is 1. The Morgan fingerprint density at radius 1 is 1.31 bits per heavy atom. The van der Waals surface area contributed by atoms with E-state index in [1.165, 1.54) is 6.92 Å². The van der Waals surface area contributed by atoms with E-state index in [-0.39, 0.29) is 6.61 Å². The molecule has 0 fully saturated rings. The Kier molecular flexibility index (Phi) is 5.00. The van der Waals surface area contributed by atoms with Crippen molar-refractivity contribution in [1.29, 1.82) is 0 Å². The third-order valence-electron chi connectivity index (χ3n) is 1.50. The second kappa shape index (κ2) is 5.53. The Morgan fingerprint density at radius 2 is 1.81 bits per heavy atom. The number of hydrogen-bond acceptors (Lipinski definition) is 4. The largest absolute Gasteiger partial charge is 0.504 e. The highest BCUT2D eigenvalue weighted by atomic mass is 19.4. The standard InChI is InChI=1S/C9H11F3O4/c1-3-16-8(15)6(4-5(2)13)7(14)9(10,11)12/h14H,3-4H2,1-2H3. The first-order chi connectivity index (χ1) is 7.20. The summed E-state index contributed by atoms with van der Waals surface area (Å²) in [5, 5.41) is 8.79. The lowest BCUT2D eigenvalue weighted by atomic mass is 10.1. The average molecular weight is 240 g/mol. The number of halogens is 3. The van der Waals surface area contributed by atoms with Crippen LogP contribution in [-0.2, 0) is 14.3 Å². The molecule has 0 bridgehead atoms. The maximum absolute atomic E-state index is 12.1. The molecule has 0 spiro atoms. The van der Waals surface area contributed by atoms with E-state index in [1.54, 1.807) is 0 Å². The zero-order chi connectivity index (χ0) is 12.9. The molecule has 0 aliphatic carbocycles. The maximum Gasteiger partial charge on any atom is 0.449 e. The first kappa shape index (κ1) is 14.5. The molecule has 0 aliphatic rings. The molecule has 0 rings (SSSR count). The van der Waals surface area contributed by atoms with Crippen molar-refractivity contribution in [2.45, 2.75) is 26.4 Å². The molecular formula is C9H11F3O4. The second-order valence-electron chi connectivity index (χ2n) is 2.92. The molecule has 16 heavy (non-hydrogen) atoms. The van der Waals surface area contributed by atoms with Crippen molar-refractivity contribution in [2.75, 3.05) is 6.61 Å². The number of carbonyl (C=O) groups is 2. The van der Waals surface area contributed by atoms with Gasteiger partial charge in [-0.15, -0.1) is 0 Å². The summed E-state index contributed by atoms with van der Waals surface area (Å²) in [7, 11) is 0. The molecule has 0 amide bonds. The van der Waals surface area contributed by atoms with Crippen molar-refractivity contribution in [3.05, 3.63) is 11.3 Å². The van der Waals surface area contributed by atoms with Crippen molar-refractivity contribution in [1.82, 2.24) is 0 Å². The lowest BCUT2D eigenvalue weighted by Gasteiger charge is -2.11. The molecule has 0 radical (unpaired) electrons. The highest BCUT2D eigenvalue weighted by Gasteiger charge is 2.39. The van der Waals surface area contributed by atoms with Crippen LogP contribution in [0.4, 0.5) is 13.2 Å². The summed E-state index contributed by atoms with van der Waals surface area (Å²) in [6, 6.07) is 0. The molecule has 92 valence electrons. The van der Waals surface area contributed by atoms with Crippen molar-refractivity contribution in [3.63, 3.8) is 0 Å². The van der Waals surface area contributed by atoms with Gasteiger partial charge in [0.25, 0.3) is 0 Å². The lowest BCUT2D eigenvalue weighted by molar-refractivity contribution is -0.143. The summed E-state index contributed by atoms with van der Waals surface area (Å²) < 4.78 is 40.7. The first-order valence-electron chi connectivity index (χ1n) is 4.36. The Morgan fingerprint density at radius 3 is 2.12 bits per heavy atom. The first-order valence-corrected chi connectivity index (χ1v) is 4.36. The molecule has 0 heterocycles. The Bertz CT molecular complexity index is 317. The lowest BCUT2D eigenvalue weighted by Crippen LogP contribution is -2.21. The molecule has 0 aliphatic heterocycles. The molecule has 0 saturated heterocycles. The van der Waals surface area contributed by atoms with Gasteiger partial charge in [0.05, 0.1) is 12.2 Å². The van der Waals surface area contributed by atoms with Gasteiger partial charge in [0.2, 0.25) is 5.76 Å². The van der Waals surface area contributed by atoms with Gasteiger partial charge < -0.3 is 9.84 Å². The molecule has 4 nitrogen and oxygen atoms in total. The average Bonchev–Trinajstić information content (AvgIpc) is 2.11. The van der Waals surface area contributed by atoms with Crippen molar-refractivity contribution in [2.24, 2.45) is 0 Å². The van der Waals surface area contributed by atoms with Gasteiger partial charge >= 0.3 is 12.1 Å². The predicted molar refractivity (Wildman–Crippen MR) is 47.6 cm³/mol. The number of esters is 1.